The quantitative estimate of drug-likeness (QED) is 0.862. The molecule has 0 saturated carbocycles. The minimum Gasteiger partial charge on any atom is -0.370 e. The van der Waals surface area contributed by atoms with E-state index in [2.05, 4.69) is 15.6 Å². The summed E-state index contributed by atoms with van der Waals surface area (Å²) in [5.74, 6) is 1.27. The van der Waals surface area contributed by atoms with Crippen LogP contribution < -0.4 is 10.6 Å². The SMILES string of the molecule is CCNc1cccc(Nc2ccc(C)c(F)c2)n1. The van der Waals surface area contributed by atoms with E-state index in [4.69, 9.17) is 0 Å². The monoisotopic (exact) mass is 245 g/mol. The van der Waals surface area contributed by atoms with Crippen molar-refractivity contribution >= 4 is 17.3 Å². The van der Waals surface area contributed by atoms with Crippen molar-refractivity contribution in [3.8, 4) is 0 Å². The van der Waals surface area contributed by atoms with Gasteiger partial charge < -0.3 is 10.6 Å². The molecule has 0 aliphatic heterocycles. The number of halogens is 1. The Labute approximate surface area is 106 Å². The largest absolute Gasteiger partial charge is 0.370 e. The first-order valence-corrected chi connectivity index (χ1v) is 5.93. The number of pyridine rings is 1. The number of aromatic nitrogens is 1. The van der Waals surface area contributed by atoms with E-state index in [1.807, 2.05) is 31.2 Å². The summed E-state index contributed by atoms with van der Waals surface area (Å²) < 4.78 is 13.4. The van der Waals surface area contributed by atoms with Gasteiger partial charge in [0.05, 0.1) is 0 Å². The second-order valence-electron chi connectivity index (χ2n) is 4.03. The van der Waals surface area contributed by atoms with Gasteiger partial charge in [-0.3, -0.25) is 0 Å². The first-order valence-electron chi connectivity index (χ1n) is 5.93. The van der Waals surface area contributed by atoms with Gasteiger partial charge in [0.25, 0.3) is 0 Å². The molecule has 0 fully saturated rings. The minimum absolute atomic E-state index is 0.220. The molecule has 0 amide bonds. The van der Waals surface area contributed by atoms with Crippen molar-refractivity contribution in [1.82, 2.24) is 4.98 Å². The Morgan fingerprint density at radius 2 is 1.94 bits per heavy atom. The number of anilines is 3. The standard InChI is InChI=1S/C14H16FN3/c1-3-16-13-5-4-6-14(18-13)17-11-8-7-10(2)12(15)9-11/h4-9H,3H2,1-2H3,(H2,16,17,18). The molecule has 0 atom stereocenters. The Morgan fingerprint density at radius 1 is 1.17 bits per heavy atom. The average molecular weight is 245 g/mol. The Balaban J connectivity index is 2.17. The first-order chi connectivity index (χ1) is 8.69. The highest BCUT2D eigenvalue weighted by atomic mass is 19.1. The molecule has 0 saturated heterocycles. The smallest absolute Gasteiger partial charge is 0.132 e. The van der Waals surface area contributed by atoms with Gasteiger partial charge in [0.2, 0.25) is 0 Å². The van der Waals surface area contributed by atoms with Crippen molar-refractivity contribution in [3.63, 3.8) is 0 Å². The van der Waals surface area contributed by atoms with E-state index in [0.717, 1.165) is 12.4 Å². The van der Waals surface area contributed by atoms with Crippen LogP contribution in [0.25, 0.3) is 0 Å². The molecule has 2 rings (SSSR count). The van der Waals surface area contributed by atoms with Crippen molar-refractivity contribution in [3.05, 3.63) is 47.8 Å². The number of hydrogen-bond donors (Lipinski definition) is 2. The zero-order valence-corrected chi connectivity index (χ0v) is 10.5. The van der Waals surface area contributed by atoms with E-state index in [0.29, 0.717) is 17.1 Å². The second-order valence-corrected chi connectivity index (χ2v) is 4.03. The number of benzene rings is 1. The summed E-state index contributed by atoms with van der Waals surface area (Å²) in [6.45, 7) is 4.57. The third kappa shape index (κ3) is 2.97. The van der Waals surface area contributed by atoms with Gasteiger partial charge >= 0.3 is 0 Å². The number of hydrogen-bond acceptors (Lipinski definition) is 3. The summed E-state index contributed by atoms with van der Waals surface area (Å²) in [6.07, 6.45) is 0. The van der Waals surface area contributed by atoms with Crippen LogP contribution in [-0.4, -0.2) is 11.5 Å². The summed E-state index contributed by atoms with van der Waals surface area (Å²) in [5, 5.41) is 6.21. The lowest BCUT2D eigenvalue weighted by Gasteiger charge is -2.08. The van der Waals surface area contributed by atoms with Crippen LogP contribution in [0.4, 0.5) is 21.7 Å². The molecule has 18 heavy (non-hydrogen) atoms. The zero-order chi connectivity index (χ0) is 13.0. The van der Waals surface area contributed by atoms with E-state index < -0.39 is 0 Å². The second kappa shape index (κ2) is 5.49. The number of nitrogens with one attached hydrogen (secondary N) is 2. The molecular formula is C14H16FN3. The van der Waals surface area contributed by atoms with Gasteiger partial charge in [-0.25, -0.2) is 9.37 Å². The molecular weight excluding hydrogens is 229 g/mol. The molecule has 4 heteroatoms. The van der Waals surface area contributed by atoms with Crippen LogP contribution in [0.15, 0.2) is 36.4 Å². The average Bonchev–Trinajstić information content (AvgIpc) is 2.35. The highest BCUT2D eigenvalue weighted by molar-refractivity contribution is 5.58. The Bertz CT molecular complexity index is 540. The number of aryl methyl sites for hydroxylation is 1. The first kappa shape index (κ1) is 12.4. The lowest BCUT2D eigenvalue weighted by atomic mass is 10.2. The van der Waals surface area contributed by atoms with E-state index in [-0.39, 0.29) is 5.82 Å². The Hall–Kier alpha value is -2.10. The third-order valence-electron chi connectivity index (χ3n) is 2.55. The lowest BCUT2D eigenvalue weighted by Crippen LogP contribution is -2.01. The van der Waals surface area contributed by atoms with Crippen LogP contribution in [0.5, 0.6) is 0 Å². The number of nitrogens with zero attached hydrogens (tertiary/aromatic N) is 1. The summed E-state index contributed by atoms with van der Waals surface area (Å²) in [6, 6.07) is 10.7. The molecule has 1 heterocycles. The van der Waals surface area contributed by atoms with Gasteiger partial charge in [-0.1, -0.05) is 12.1 Å². The van der Waals surface area contributed by atoms with Gasteiger partial charge in [0.15, 0.2) is 0 Å². The predicted octanol–water partition coefficient (Wildman–Crippen LogP) is 3.70. The van der Waals surface area contributed by atoms with Gasteiger partial charge in [0, 0.05) is 12.2 Å². The normalized spacial score (nSPS) is 10.2. The van der Waals surface area contributed by atoms with Gasteiger partial charge in [-0.15, -0.1) is 0 Å². The van der Waals surface area contributed by atoms with Crippen LogP contribution in [0.1, 0.15) is 12.5 Å². The zero-order valence-electron chi connectivity index (χ0n) is 10.5. The van der Waals surface area contributed by atoms with Gasteiger partial charge in [-0.05, 0) is 43.7 Å². The van der Waals surface area contributed by atoms with Crippen LogP contribution >= 0.6 is 0 Å². The molecule has 0 spiro atoms. The summed E-state index contributed by atoms with van der Waals surface area (Å²) in [5.41, 5.74) is 1.33. The summed E-state index contributed by atoms with van der Waals surface area (Å²) in [7, 11) is 0. The Morgan fingerprint density at radius 3 is 2.67 bits per heavy atom. The molecule has 0 aliphatic rings. The summed E-state index contributed by atoms with van der Waals surface area (Å²) >= 11 is 0. The fraction of sp³-hybridized carbons (Fsp3) is 0.214. The van der Waals surface area contributed by atoms with Crippen LogP contribution in [0, 0.1) is 12.7 Å². The summed E-state index contributed by atoms with van der Waals surface area (Å²) in [4.78, 5) is 4.37. The van der Waals surface area contributed by atoms with Crippen molar-refractivity contribution in [2.24, 2.45) is 0 Å². The van der Waals surface area contributed by atoms with Crippen molar-refractivity contribution in [2.45, 2.75) is 13.8 Å². The molecule has 3 nitrogen and oxygen atoms in total. The lowest BCUT2D eigenvalue weighted by molar-refractivity contribution is 0.619. The highest BCUT2D eigenvalue weighted by Crippen LogP contribution is 2.18. The maximum absolute atomic E-state index is 13.4. The fourth-order valence-corrected chi connectivity index (χ4v) is 1.60. The fourth-order valence-electron chi connectivity index (χ4n) is 1.60. The molecule has 0 aliphatic carbocycles. The topological polar surface area (TPSA) is 37.0 Å². The van der Waals surface area contributed by atoms with Crippen LogP contribution in [-0.2, 0) is 0 Å². The highest BCUT2D eigenvalue weighted by Gasteiger charge is 2.01. The van der Waals surface area contributed by atoms with Crippen molar-refractivity contribution in [2.75, 3.05) is 17.2 Å². The molecule has 2 N–H and O–H groups in total. The van der Waals surface area contributed by atoms with Crippen molar-refractivity contribution < 1.29 is 4.39 Å². The van der Waals surface area contributed by atoms with E-state index in [9.17, 15) is 4.39 Å². The number of rotatable bonds is 4. The maximum atomic E-state index is 13.4. The minimum atomic E-state index is -0.220. The van der Waals surface area contributed by atoms with Gasteiger partial charge in [-0.2, -0.15) is 0 Å². The van der Waals surface area contributed by atoms with E-state index in [1.54, 1.807) is 13.0 Å². The Kier molecular flexibility index (Phi) is 3.77. The molecule has 94 valence electrons. The predicted molar refractivity (Wildman–Crippen MR) is 72.8 cm³/mol. The molecule has 2 aromatic rings. The molecule has 0 unspecified atom stereocenters. The molecule has 0 bridgehead atoms. The molecule has 1 aromatic carbocycles. The third-order valence-corrected chi connectivity index (χ3v) is 2.55. The van der Waals surface area contributed by atoms with Crippen LogP contribution in [0.3, 0.4) is 0 Å². The molecule has 0 radical (unpaired) electrons. The van der Waals surface area contributed by atoms with Crippen molar-refractivity contribution in [1.29, 1.82) is 0 Å². The van der Waals surface area contributed by atoms with Crippen LogP contribution in [0.2, 0.25) is 0 Å². The van der Waals surface area contributed by atoms with E-state index >= 15 is 0 Å². The van der Waals surface area contributed by atoms with Gasteiger partial charge in [0.1, 0.15) is 17.5 Å². The van der Waals surface area contributed by atoms with E-state index in [1.165, 1.54) is 6.07 Å². The molecule has 1 aromatic heterocycles. The maximum Gasteiger partial charge on any atom is 0.132 e.